The Morgan fingerprint density at radius 3 is 2.13 bits per heavy atom. The number of primary amides is 1. The minimum absolute atomic E-state index is 0.0129. The maximum absolute atomic E-state index is 13.6. The lowest BCUT2D eigenvalue weighted by Crippen LogP contribution is -2.52. The van der Waals surface area contributed by atoms with Gasteiger partial charge in [0.25, 0.3) is 0 Å². The zero-order chi connectivity index (χ0) is 33.3. The van der Waals surface area contributed by atoms with Gasteiger partial charge in [-0.3, -0.25) is 9.59 Å². The van der Waals surface area contributed by atoms with Gasteiger partial charge in [-0.05, 0) is 29.9 Å². The van der Waals surface area contributed by atoms with Crippen LogP contribution in [0.4, 0.5) is 9.59 Å². The fraction of sp³-hybridized carbons (Fsp3) is 0.441. The summed E-state index contributed by atoms with van der Waals surface area (Å²) in [4.78, 5) is 55.3. The lowest BCUT2D eigenvalue weighted by Gasteiger charge is -2.26. The first-order valence-corrected chi connectivity index (χ1v) is 15.6. The molecule has 12 nitrogen and oxygen atoms in total. The van der Waals surface area contributed by atoms with Gasteiger partial charge in [0.1, 0.15) is 31.7 Å². The zero-order valence-corrected chi connectivity index (χ0v) is 26.7. The van der Waals surface area contributed by atoms with Crippen molar-refractivity contribution in [3.8, 4) is 0 Å². The van der Waals surface area contributed by atoms with Crippen LogP contribution in [0.5, 0.6) is 0 Å². The van der Waals surface area contributed by atoms with E-state index in [1.54, 1.807) is 0 Å². The van der Waals surface area contributed by atoms with Crippen LogP contribution < -0.4 is 16.4 Å². The highest BCUT2D eigenvalue weighted by molar-refractivity contribution is 5.86. The van der Waals surface area contributed by atoms with E-state index in [4.69, 9.17) is 19.9 Å². The number of nitrogens with zero attached hydrogens (tertiary/aromatic N) is 2. The number of unbranched alkanes of at least 4 members (excludes halogenated alkanes) is 1. The number of rotatable bonds is 18. The molecule has 0 aliphatic heterocycles. The van der Waals surface area contributed by atoms with Crippen LogP contribution in [0, 0.1) is 5.92 Å². The van der Waals surface area contributed by atoms with E-state index in [1.165, 1.54) is 17.1 Å². The predicted molar refractivity (Wildman–Crippen MR) is 171 cm³/mol. The lowest BCUT2D eigenvalue weighted by molar-refractivity contribution is -0.131. The number of carbonyl (C=O) groups excluding carboxylic acids is 4. The number of ether oxygens (including phenoxy) is 3. The Kier molecular flexibility index (Phi) is 14.7. The summed E-state index contributed by atoms with van der Waals surface area (Å²) in [5.41, 5.74) is 7.53. The number of amides is 3. The fourth-order valence-electron chi connectivity index (χ4n) is 4.66. The topological polar surface area (TPSA) is 164 Å². The second-order valence-corrected chi connectivity index (χ2v) is 11.5. The molecule has 3 atom stereocenters. The van der Waals surface area contributed by atoms with Crippen molar-refractivity contribution in [3.63, 3.8) is 0 Å². The summed E-state index contributed by atoms with van der Waals surface area (Å²) in [6, 6.07) is 16.8. The van der Waals surface area contributed by atoms with Gasteiger partial charge in [0.05, 0.1) is 18.3 Å². The Morgan fingerprint density at radius 2 is 1.54 bits per heavy atom. The van der Waals surface area contributed by atoms with E-state index >= 15 is 0 Å². The van der Waals surface area contributed by atoms with E-state index in [1.807, 2.05) is 81.4 Å². The average Bonchev–Trinajstić information content (AvgIpc) is 3.51. The molecule has 3 rings (SSSR count). The van der Waals surface area contributed by atoms with E-state index in [2.05, 4.69) is 15.6 Å². The van der Waals surface area contributed by atoms with Crippen LogP contribution >= 0.6 is 0 Å². The molecule has 3 amide bonds. The highest BCUT2D eigenvalue weighted by Gasteiger charge is 2.27. The number of carbonyl (C=O) groups is 4. The Balaban J connectivity index is 1.70. The molecule has 1 heterocycles. The Morgan fingerprint density at radius 1 is 0.913 bits per heavy atom. The van der Waals surface area contributed by atoms with E-state index in [0.29, 0.717) is 18.5 Å². The molecule has 0 spiro atoms. The Hall–Kier alpha value is -4.71. The van der Waals surface area contributed by atoms with Gasteiger partial charge in [0.15, 0.2) is 0 Å². The molecule has 4 N–H and O–H groups in total. The summed E-state index contributed by atoms with van der Waals surface area (Å²) in [7, 11) is 0. The molecular formula is C34H45N5O7. The molecular weight excluding hydrogens is 590 g/mol. The molecule has 1 aromatic heterocycles. The highest BCUT2D eigenvalue weighted by atomic mass is 16.6. The number of hydrogen-bond acceptors (Lipinski definition) is 8. The summed E-state index contributed by atoms with van der Waals surface area (Å²) >= 11 is 0. The lowest BCUT2D eigenvalue weighted by atomic mass is 10.0. The predicted octanol–water partition coefficient (Wildman–Crippen LogP) is 4.50. The third-order valence-electron chi connectivity index (χ3n) is 7.02. The fourth-order valence-corrected chi connectivity index (χ4v) is 4.66. The minimum Gasteiger partial charge on any atom is -0.445 e. The van der Waals surface area contributed by atoms with Gasteiger partial charge in [-0.1, -0.05) is 94.3 Å². The number of hydrogen-bond donors (Lipinski definition) is 3. The van der Waals surface area contributed by atoms with Crippen LogP contribution in [-0.4, -0.2) is 58.3 Å². The van der Waals surface area contributed by atoms with Gasteiger partial charge in [0.2, 0.25) is 11.8 Å². The highest BCUT2D eigenvalue weighted by Crippen LogP contribution is 2.12. The first kappa shape index (κ1) is 35.8. The van der Waals surface area contributed by atoms with Gasteiger partial charge in [-0.15, -0.1) is 0 Å². The van der Waals surface area contributed by atoms with Crippen molar-refractivity contribution in [2.45, 2.75) is 84.3 Å². The quantitative estimate of drug-likeness (QED) is 0.184. The maximum Gasteiger partial charge on any atom is 0.419 e. The summed E-state index contributed by atoms with van der Waals surface area (Å²) in [5.74, 6) is -0.866. The van der Waals surface area contributed by atoms with E-state index in [0.717, 1.165) is 24.0 Å². The molecule has 46 heavy (non-hydrogen) atoms. The molecule has 0 saturated carbocycles. The molecule has 0 fully saturated rings. The number of nitrogens with two attached hydrogens (primary N) is 1. The molecule has 0 aliphatic rings. The van der Waals surface area contributed by atoms with Crippen LogP contribution in [0.15, 0.2) is 73.2 Å². The third kappa shape index (κ3) is 12.7. The molecule has 0 aliphatic carbocycles. The van der Waals surface area contributed by atoms with Crippen molar-refractivity contribution in [3.05, 3.63) is 90.0 Å². The van der Waals surface area contributed by atoms with Crippen LogP contribution in [0.1, 0.15) is 63.3 Å². The number of nitrogens with one attached hydrogen (secondary N) is 2. The summed E-state index contributed by atoms with van der Waals surface area (Å²) in [5, 5.41) is 5.59. The summed E-state index contributed by atoms with van der Waals surface area (Å²) in [6.07, 6.45) is 3.20. The van der Waals surface area contributed by atoms with E-state index < -0.39 is 42.2 Å². The van der Waals surface area contributed by atoms with Gasteiger partial charge in [0, 0.05) is 12.6 Å². The van der Waals surface area contributed by atoms with Crippen molar-refractivity contribution >= 4 is 24.0 Å². The molecule has 0 saturated heterocycles. The van der Waals surface area contributed by atoms with Crippen molar-refractivity contribution in [2.24, 2.45) is 11.7 Å². The molecule has 248 valence electrons. The molecule has 2 aromatic carbocycles. The van der Waals surface area contributed by atoms with Gasteiger partial charge < -0.3 is 30.6 Å². The van der Waals surface area contributed by atoms with Crippen molar-refractivity contribution in [2.75, 3.05) is 6.61 Å². The SMILES string of the molecule is CCCC[C@H](OC[C@H](CC(C)C)NC(=O)[C@H](Cc1cn(C(=O)OCc2ccccc2)cn1)NC(=O)OCc1ccccc1)C(N)=O. The molecule has 3 aromatic rings. The number of imidazole rings is 1. The van der Waals surface area contributed by atoms with E-state index in [9.17, 15) is 19.2 Å². The Labute approximate surface area is 270 Å². The minimum atomic E-state index is -1.10. The molecule has 0 radical (unpaired) electrons. The van der Waals surface area contributed by atoms with Crippen LogP contribution in [0.3, 0.4) is 0 Å². The Bertz CT molecular complexity index is 1380. The first-order chi connectivity index (χ1) is 22.1. The second-order valence-electron chi connectivity index (χ2n) is 11.5. The van der Waals surface area contributed by atoms with Crippen molar-refractivity contribution in [1.29, 1.82) is 0 Å². The largest absolute Gasteiger partial charge is 0.445 e. The van der Waals surface area contributed by atoms with Gasteiger partial charge in [-0.25, -0.2) is 19.1 Å². The normalized spacial score (nSPS) is 13.0. The summed E-state index contributed by atoms with van der Waals surface area (Å²) < 4.78 is 17.8. The summed E-state index contributed by atoms with van der Waals surface area (Å²) in [6.45, 7) is 6.17. The average molecular weight is 636 g/mol. The third-order valence-corrected chi connectivity index (χ3v) is 7.02. The molecule has 0 bridgehead atoms. The first-order valence-electron chi connectivity index (χ1n) is 15.6. The van der Waals surface area contributed by atoms with Crippen molar-refractivity contribution in [1.82, 2.24) is 20.2 Å². The van der Waals surface area contributed by atoms with E-state index in [-0.39, 0.29) is 32.2 Å². The number of alkyl carbamates (subject to hydrolysis) is 1. The number of aromatic nitrogens is 2. The molecule has 12 heteroatoms. The van der Waals surface area contributed by atoms with Crippen LogP contribution in [-0.2, 0) is 43.4 Å². The maximum atomic E-state index is 13.6. The number of benzene rings is 2. The monoisotopic (exact) mass is 635 g/mol. The van der Waals surface area contributed by atoms with Crippen molar-refractivity contribution < 1.29 is 33.4 Å². The van der Waals surface area contributed by atoms with Gasteiger partial charge in [-0.2, -0.15) is 0 Å². The van der Waals surface area contributed by atoms with Crippen LogP contribution in [0.25, 0.3) is 0 Å². The second kappa shape index (κ2) is 18.9. The van der Waals surface area contributed by atoms with Crippen LogP contribution in [0.2, 0.25) is 0 Å². The van der Waals surface area contributed by atoms with Gasteiger partial charge >= 0.3 is 12.2 Å². The standard InChI is InChI=1S/C34H45N5O7/c1-4-5-16-30(31(35)40)44-22-28(17-24(2)3)37-32(41)29(38-33(42)45-20-25-12-8-6-9-13-25)18-27-19-39(23-36-27)34(43)46-21-26-14-10-7-11-15-26/h6-15,19,23-24,28-30H,4-5,16-18,20-22H2,1-3H3,(H2,35,40)(H,37,41)(H,38,42)/t28-,29-,30-/m0/s1. The zero-order valence-electron chi connectivity index (χ0n) is 26.7. The molecule has 0 unspecified atom stereocenters. The smallest absolute Gasteiger partial charge is 0.419 e.